The average Bonchev–Trinajstić information content (AvgIpc) is 3.55. The van der Waals surface area contributed by atoms with Gasteiger partial charge in [-0.05, 0) is 88.0 Å². The molecule has 0 fully saturated rings. The summed E-state index contributed by atoms with van der Waals surface area (Å²) < 4.78 is 11.7. The second-order valence-corrected chi connectivity index (χ2v) is 16.0. The molecular formula is C44H45N2O+. The van der Waals surface area contributed by atoms with Crippen molar-refractivity contribution < 1.29 is 9.31 Å². The number of nitrogens with zero attached hydrogens (tertiary/aromatic N) is 2. The lowest BCUT2D eigenvalue weighted by Crippen LogP contribution is -2.38. The molecule has 3 heteroatoms. The second-order valence-electron chi connectivity index (χ2n) is 16.0. The molecule has 0 saturated heterocycles. The fourth-order valence-corrected chi connectivity index (χ4v) is 8.12. The van der Waals surface area contributed by atoms with Crippen molar-refractivity contribution >= 4 is 38.3 Å². The molecular weight excluding hydrogens is 572 g/mol. The molecule has 0 radical (unpaired) electrons. The normalized spacial score (nSPS) is 17.9. The molecule has 0 bridgehead atoms. The maximum absolute atomic E-state index is 7.03. The van der Waals surface area contributed by atoms with Crippen LogP contribution in [0.3, 0.4) is 0 Å². The summed E-state index contributed by atoms with van der Waals surface area (Å²) >= 11 is 0. The highest BCUT2D eigenvalue weighted by Crippen LogP contribution is 2.45. The molecule has 0 N–H and O–H groups in total. The van der Waals surface area contributed by atoms with Crippen LogP contribution in [0.25, 0.3) is 38.3 Å². The number of benzene rings is 5. The lowest BCUT2D eigenvalue weighted by Gasteiger charge is -2.26. The zero-order chi connectivity index (χ0) is 32.8. The van der Waals surface area contributed by atoms with E-state index in [-0.39, 0.29) is 22.9 Å². The Hall–Kier alpha value is -4.63. The van der Waals surface area contributed by atoms with E-state index in [0.29, 0.717) is 0 Å². The minimum atomic E-state index is -0.0963. The van der Waals surface area contributed by atoms with E-state index in [2.05, 4.69) is 168 Å². The molecule has 1 aromatic heterocycles. The Labute approximate surface area is 278 Å². The van der Waals surface area contributed by atoms with Crippen LogP contribution in [0.2, 0.25) is 0 Å². The van der Waals surface area contributed by atoms with Crippen LogP contribution in [0.15, 0.2) is 103 Å². The van der Waals surface area contributed by atoms with E-state index in [1.54, 1.807) is 0 Å². The third-order valence-electron chi connectivity index (χ3n) is 10.2. The van der Waals surface area contributed by atoms with Crippen molar-refractivity contribution in [3.63, 3.8) is 0 Å². The van der Waals surface area contributed by atoms with Crippen molar-refractivity contribution in [3.05, 3.63) is 131 Å². The molecule has 5 aromatic carbocycles. The van der Waals surface area contributed by atoms with Gasteiger partial charge in [-0.1, -0.05) is 96.1 Å². The Bertz CT molecular complexity index is 2300. The minimum absolute atomic E-state index is 0.00924. The van der Waals surface area contributed by atoms with Gasteiger partial charge in [0, 0.05) is 33.7 Å². The third-order valence-corrected chi connectivity index (χ3v) is 10.2. The van der Waals surface area contributed by atoms with Gasteiger partial charge in [-0.25, -0.2) is 4.58 Å². The maximum Gasteiger partial charge on any atom is 0.230 e. The predicted octanol–water partition coefficient (Wildman–Crippen LogP) is 10.6. The fraction of sp³-hybridized carbons (Fsp3) is 0.295. The molecule has 2 unspecified atom stereocenters. The summed E-state index contributed by atoms with van der Waals surface area (Å²) in [5, 5.41) is 5.25. The highest BCUT2D eigenvalue weighted by atomic mass is 16.5. The predicted molar refractivity (Wildman–Crippen MR) is 198 cm³/mol. The number of fused-ring (bicyclic) bond motifs is 7. The molecule has 236 valence electrons. The monoisotopic (exact) mass is 617 g/mol. The van der Waals surface area contributed by atoms with Gasteiger partial charge in [0.1, 0.15) is 12.8 Å². The molecule has 0 aliphatic carbocycles. The Balaban J connectivity index is 1.24. The topological polar surface area (TPSA) is 17.2 Å². The van der Waals surface area contributed by atoms with Crippen LogP contribution < -0.4 is 4.74 Å². The number of aromatic nitrogens is 1. The number of hydrogen-bond donors (Lipinski definition) is 0. The van der Waals surface area contributed by atoms with Gasteiger partial charge in [-0.15, -0.1) is 0 Å². The quantitative estimate of drug-likeness (QED) is 0.181. The van der Waals surface area contributed by atoms with E-state index in [1.165, 1.54) is 66.1 Å². The number of hydrogen-bond acceptors (Lipinski definition) is 1. The molecule has 0 spiro atoms. The molecule has 2 aliphatic heterocycles. The van der Waals surface area contributed by atoms with Crippen LogP contribution in [0.1, 0.15) is 75.3 Å². The van der Waals surface area contributed by atoms with Gasteiger partial charge >= 0.3 is 0 Å². The van der Waals surface area contributed by atoms with Gasteiger partial charge in [0.15, 0.2) is 12.3 Å². The van der Waals surface area contributed by atoms with Crippen LogP contribution in [-0.4, -0.2) is 28.0 Å². The molecule has 8 rings (SSSR count). The van der Waals surface area contributed by atoms with Crippen molar-refractivity contribution in [2.45, 2.75) is 72.3 Å². The van der Waals surface area contributed by atoms with Gasteiger partial charge in [-0.3, -0.25) is 0 Å². The fourth-order valence-electron chi connectivity index (χ4n) is 8.12. The molecule has 3 nitrogen and oxygen atoms in total. The summed E-state index contributed by atoms with van der Waals surface area (Å²) in [7, 11) is 2.16. The number of rotatable bonds is 3. The van der Waals surface area contributed by atoms with Crippen molar-refractivity contribution in [1.82, 2.24) is 4.57 Å². The van der Waals surface area contributed by atoms with Crippen LogP contribution in [0.4, 0.5) is 0 Å². The first-order valence-corrected chi connectivity index (χ1v) is 17.0. The van der Waals surface area contributed by atoms with E-state index in [4.69, 9.17) is 4.74 Å². The molecule has 2 atom stereocenters. The molecule has 6 aromatic rings. The molecule has 0 amide bonds. The van der Waals surface area contributed by atoms with Gasteiger partial charge in [0.2, 0.25) is 5.71 Å². The summed E-state index contributed by atoms with van der Waals surface area (Å²) in [6.07, 6.45) is 5.50. The summed E-state index contributed by atoms with van der Waals surface area (Å²) in [5.74, 6) is 1.13. The number of aryl methyl sites for hydroxylation is 1. The zero-order valence-electron chi connectivity index (χ0n) is 29.0. The number of ether oxygens (including phenoxy) is 1. The largest absolute Gasteiger partial charge is 0.478 e. The first-order valence-electron chi connectivity index (χ1n) is 17.0. The van der Waals surface area contributed by atoms with Gasteiger partial charge in [-0.2, -0.15) is 0 Å². The summed E-state index contributed by atoms with van der Waals surface area (Å²) in [6.45, 7) is 16.1. The van der Waals surface area contributed by atoms with Gasteiger partial charge in [0.25, 0.3) is 0 Å². The SMILES string of the molecule is Cc1c(C2=[N+](C)C=CC3c4ccc(-n5c6ccccc6c6cc(CC(C)(C)C)ccc65)cc4OC23)cc(C(C)(C)C)c2ccccc12. The summed E-state index contributed by atoms with van der Waals surface area (Å²) in [5.41, 5.74) is 11.6. The van der Waals surface area contributed by atoms with Crippen molar-refractivity contribution in [2.75, 3.05) is 7.05 Å². The van der Waals surface area contributed by atoms with Crippen molar-refractivity contribution in [3.8, 4) is 11.4 Å². The smallest absolute Gasteiger partial charge is 0.230 e. The van der Waals surface area contributed by atoms with Crippen molar-refractivity contribution in [2.24, 2.45) is 5.41 Å². The lowest BCUT2D eigenvalue weighted by atomic mass is 9.79. The summed E-state index contributed by atoms with van der Waals surface area (Å²) in [6, 6.07) is 34.0. The first kappa shape index (κ1) is 29.8. The highest BCUT2D eigenvalue weighted by molar-refractivity contribution is 6.10. The number of para-hydroxylation sites is 1. The lowest BCUT2D eigenvalue weighted by molar-refractivity contribution is -0.427. The Morgan fingerprint density at radius 2 is 1.45 bits per heavy atom. The van der Waals surface area contributed by atoms with Crippen molar-refractivity contribution in [1.29, 1.82) is 0 Å². The van der Waals surface area contributed by atoms with Crippen LogP contribution in [0, 0.1) is 12.3 Å². The van der Waals surface area contributed by atoms with Gasteiger partial charge in [0.05, 0.1) is 17.0 Å². The minimum Gasteiger partial charge on any atom is -0.478 e. The first-order chi connectivity index (χ1) is 22.4. The Kier molecular flexibility index (Phi) is 6.61. The Morgan fingerprint density at radius 3 is 2.19 bits per heavy atom. The zero-order valence-corrected chi connectivity index (χ0v) is 29.0. The van der Waals surface area contributed by atoms with E-state index >= 15 is 0 Å². The molecule has 2 aliphatic rings. The van der Waals surface area contributed by atoms with Crippen LogP contribution >= 0.6 is 0 Å². The standard InChI is InChI=1S/C44H45N2O/c1-27-30-13-9-10-14-31(30)37(44(5,6)7)25-35(27)41-42-34(21-22-45(41)8)33-19-18-29(24-40(33)47-42)46-38-16-12-11-15-32(38)36-23-28(17-20-39(36)46)26-43(2,3)4/h9-25,34,42H,26H2,1-8H3/q+1. The van der Waals surface area contributed by atoms with Crippen LogP contribution in [-0.2, 0) is 11.8 Å². The highest BCUT2D eigenvalue weighted by Gasteiger charge is 2.44. The Morgan fingerprint density at radius 1 is 0.745 bits per heavy atom. The second kappa shape index (κ2) is 10.4. The van der Waals surface area contributed by atoms with E-state index in [9.17, 15) is 0 Å². The van der Waals surface area contributed by atoms with Crippen LogP contribution in [0.5, 0.6) is 5.75 Å². The van der Waals surface area contributed by atoms with Gasteiger partial charge < -0.3 is 9.30 Å². The van der Waals surface area contributed by atoms with E-state index < -0.39 is 0 Å². The van der Waals surface area contributed by atoms with E-state index in [1.807, 2.05) is 0 Å². The molecule has 0 saturated carbocycles. The third kappa shape index (κ3) is 4.82. The molecule has 47 heavy (non-hydrogen) atoms. The average molecular weight is 618 g/mol. The molecule has 3 heterocycles. The maximum atomic E-state index is 7.03. The van der Waals surface area contributed by atoms with E-state index in [0.717, 1.165) is 17.9 Å². The summed E-state index contributed by atoms with van der Waals surface area (Å²) in [4.78, 5) is 0.